The predicted octanol–water partition coefficient (Wildman–Crippen LogP) is 10.4. The Balaban J connectivity index is 2.36. The number of phosphoric ester groups is 1. The molecule has 1 rings (SSSR count). The van der Waals surface area contributed by atoms with Crippen LogP contribution in [-0.4, -0.2) is 77.9 Å². The molecule has 11 nitrogen and oxygen atoms in total. The molecule has 0 saturated carbocycles. The minimum Gasteiger partial charge on any atom is -0.462 e. The van der Waals surface area contributed by atoms with Gasteiger partial charge in [-0.15, -0.1) is 0 Å². The molecule has 1 aliphatic rings. The molecule has 0 aromatic heterocycles. The number of phosphoric acid groups is 1. The number of aliphatic hydroxyl groups is 2. The highest BCUT2D eigenvalue weighted by atomic mass is 31.2. The maximum absolute atomic E-state index is 12.6. The number of esters is 2. The summed E-state index contributed by atoms with van der Waals surface area (Å²) >= 11 is 0. The molecular formula is C46H75O11P. The van der Waals surface area contributed by atoms with Crippen LogP contribution in [0.3, 0.4) is 0 Å². The number of rotatable bonds is 38. The first-order valence-corrected chi connectivity index (χ1v) is 23.2. The highest BCUT2D eigenvalue weighted by Crippen LogP contribution is 2.43. The molecule has 0 bridgehead atoms. The first-order chi connectivity index (χ1) is 28.2. The number of ether oxygens (including phenoxy) is 3. The van der Waals surface area contributed by atoms with Crippen LogP contribution in [0.15, 0.2) is 85.1 Å². The molecule has 0 aliphatic carbocycles. The Hall–Kier alpha value is -2.89. The lowest BCUT2D eigenvalue weighted by Crippen LogP contribution is -2.29. The summed E-state index contributed by atoms with van der Waals surface area (Å²) in [6, 6.07) is 0. The first-order valence-electron chi connectivity index (χ1n) is 21.7. The molecule has 12 heteroatoms. The zero-order chi connectivity index (χ0) is 42.4. The average Bonchev–Trinajstić information content (AvgIpc) is 3.97. The Bertz CT molecular complexity index is 1300. The Morgan fingerprint density at radius 1 is 0.603 bits per heavy atom. The molecule has 0 aromatic carbocycles. The van der Waals surface area contributed by atoms with Crippen LogP contribution in [0.2, 0.25) is 0 Å². The maximum Gasteiger partial charge on any atom is 0.472 e. The summed E-state index contributed by atoms with van der Waals surface area (Å²) in [5, 5.41) is 18.3. The quantitative estimate of drug-likeness (QED) is 0.0178. The zero-order valence-corrected chi connectivity index (χ0v) is 36.3. The summed E-state index contributed by atoms with van der Waals surface area (Å²) in [6.45, 7) is 2.16. The van der Waals surface area contributed by atoms with Crippen LogP contribution in [0.4, 0.5) is 0 Å². The predicted molar refractivity (Wildman–Crippen MR) is 232 cm³/mol. The van der Waals surface area contributed by atoms with Crippen LogP contribution in [0.25, 0.3) is 0 Å². The molecule has 3 unspecified atom stereocenters. The van der Waals surface area contributed by atoms with Gasteiger partial charge in [0.1, 0.15) is 12.7 Å². The minimum absolute atomic E-state index is 0.0836. The lowest BCUT2D eigenvalue weighted by atomic mass is 10.1. The number of aliphatic hydroxyl groups excluding tert-OH is 2. The Kier molecular flexibility index (Phi) is 34.0. The fraction of sp³-hybridized carbons (Fsp3) is 0.652. The summed E-state index contributed by atoms with van der Waals surface area (Å²) in [7, 11) is -4.66. The van der Waals surface area contributed by atoms with E-state index in [0.29, 0.717) is 25.7 Å². The Morgan fingerprint density at radius 2 is 1.03 bits per heavy atom. The first kappa shape index (κ1) is 53.1. The number of unbranched alkanes of at least 4 members (excludes halogenated alkanes) is 8. The topological polar surface area (TPSA) is 161 Å². The van der Waals surface area contributed by atoms with E-state index in [4.69, 9.17) is 23.8 Å². The molecule has 58 heavy (non-hydrogen) atoms. The van der Waals surface area contributed by atoms with Crippen LogP contribution < -0.4 is 0 Å². The highest BCUT2D eigenvalue weighted by Gasteiger charge is 2.36. The molecule has 0 radical (unpaired) electrons. The van der Waals surface area contributed by atoms with Gasteiger partial charge in [-0.3, -0.25) is 18.6 Å². The van der Waals surface area contributed by atoms with Gasteiger partial charge in [0.05, 0.1) is 32.0 Å². The lowest BCUT2D eigenvalue weighted by molar-refractivity contribution is -0.161. The maximum atomic E-state index is 12.6. The Labute approximate surface area is 349 Å². The summed E-state index contributed by atoms with van der Waals surface area (Å²) in [5.74, 6) is -1.07. The number of carbonyl (C=O) groups is 2. The van der Waals surface area contributed by atoms with Gasteiger partial charge in [0.2, 0.25) is 0 Å². The fourth-order valence-electron chi connectivity index (χ4n) is 5.43. The van der Waals surface area contributed by atoms with Crippen molar-refractivity contribution in [3.8, 4) is 0 Å². The van der Waals surface area contributed by atoms with Gasteiger partial charge in [-0.1, -0.05) is 125 Å². The molecule has 0 aromatic rings. The molecule has 1 aliphatic heterocycles. The molecular weight excluding hydrogens is 759 g/mol. The van der Waals surface area contributed by atoms with E-state index in [2.05, 4.69) is 91.3 Å². The summed E-state index contributed by atoms with van der Waals surface area (Å²) in [6.07, 6.45) is 45.8. The summed E-state index contributed by atoms with van der Waals surface area (Å²) in [4.78, 5) is 35.0. The summed E-state index contributed by atoms with van der Waals surface area (Å²) < 4.78 is 38.4. The lowest BCUT2D eigenvalue weighted by Gasteiger charge is -2.20. The van der Waals surface area contributed by atoms with Gasteiger partial charge in [-0.25, -0.2) is 4.57 Å². The number of epoxide rings is 1. The SMILES string of the molecule is CCCCC/C=C\C/C=C\C/C=C\C/C=C\CCCC(=O)OC[C@H](COP(=O)(O)OC[C@@H](O)CO)OC(=O)CCC/C=C\CC1OC1C/C=C\C/C=C\CCCCC. The van der Waals surface area contributed by atoms with Crippen molar-refractivity contribution in [3.05, 3.63) is 85.1 Å². The zero-order valence-electron chi connectivity index (χ0n) is 35.4. The van der Waals surface area contributed by atoms with Gasteiger partial charge in [0.25, 0.3) is 0 Å². The van der Waals surface area contributed by atoms with Crippen LogP contribution >= 0.6 is 7.82 Å². The van der Waals surface area contributed by atoms with E-state index in [9.17, 15) is 24.2 Å². The van der Waals surface area contributed by atoms with E-state index in [0.717, 1.165) is 51.4 Å². The standard InChI is InChI=1S/C46H75O11P/c1-3-5-7-9-11-13-14-15-16-17-18-19-20-22-24-26-31-35-45(49)53-39-42(40-55-58(51,52)54-38-41(48)37-47)56-46(50)36-32-28-27-30-34-44-43(57-44)33-29-25-23-21-12-10-8-6-4-2/h11-13,15-16,18-19,21-22,24-25,27,29-30,41-44,47-48H,3-10,14,17,20,23,26,28,31-40H2,1-2H3,(H,51,52)/b13-11-,16-15-,19-18-,21-12-,24-22-,29-25-,30-27-/t41-,42+,43?,44?/m0/s1. The number of hydrogen-bond acceptors (Lipinski definition) is 10. The van der Waals surface area contributed by atoms with Crippen molar-refractivity contribution >= 4 is 19.8 Å². The minimum atomic E-state index is -4.66. The molecule has 0 spiro atoms. The van der Waals surface area contributed by atoms with Crippen LogP contribution in [-0.2, 0) is 37.4 Å². The van der Waals surface area contributed by atoms with Gasteiger partial charge in [-0.2, -0.15) is 0 Å². The van der Waals surface area contributed by atoms with Gasteiger partial charge in [0, 0.05) is 12.8 Å². The van der Waals surface area contributed by atoms with Gasteiger partial charge in [-0.05, 0) is 89.9 Å². The van der Waals surface area contributed by atoms with Crippen LogP contribution in [0.5, 0.6) is 0 Å². The van der Waals surface area contributed by atoms with Crippen molar-refractivity contribution < 1.29 is 52.5 Å². The third kappa shape index (κ3) is 34.0. The second kappa shape index (κ2) is 37.1. The van der Waals surface area contributed by atoms with Crippen molar-refractivity contribution in [3.63, 3.8) is 0 Å². The number of carbonyl (C=O) groups excluding carboxylic acids is 2. The number of hydrogen-bond donors (Lipinski definition) is 3. The van der Waals surface area contributed by atoms with Crippen molar-refractivity contribution in [2.45, 2.75) is 167 Å². The van der Waals surface area contributed by atoms with Gasteiger partial charge < -0.3 is 29.3 Å². The monoisotopic (exact) mass is 835 g/mol. The van der Waals surface area contributed by atoms with Gasteiger partial charge >= 0.3 is 19.8 Å². The van der Waals surface area contributed by atoms with Gasteiger partial charge in [0.15, 0.2) is 6.10 Å². The Morgan fingerprint density at radius 3 is 1.55 bits per heavy atom. The molecule has 3 N–H and O–H groups in total. The molecule has 0 amide bonds. The van der Waals surface area contributed by atoms with E-state index >= 15 is 0 Å². The largest absolute Gasteiger partial charge is 0.472 e. The summed E-state index contributed by atoms with van der Waals surface area (Å²) in [5.41, 5.74) is 0. The van der Waals surface area contributed by atoms with Crippen molar-refractivity contribution in [2.75, 3.05) is 26.4 Å². The van der Waals surface area contributed by atoms with E-state index in [-0.39, 0.29) is 31.7 Å². The smallest absolute Gasteiger partial charge is 0.462 e. The van der Waals surface area contributed by atoms with Crippen molar-refractivity contribution in [1.82, 2.24) is 0 Å². The van der Waals surface area contributed by atoms with Crippen LogP contribution in [0, 0.1) is 0 Å². The van der Waals surface area contributed by atoms with Crippen molar-refractivity contribution in [1.29, 1.82) is 0 Å². The highest BCUT2D eigenvalue weighted by molar-refractivity contribution is 7.47. The van der Waals surface area contributed by atoms with E-state index in [1.54, 1.807) is 0 Å². The molecule has 1 saturated heterocycles. The third-order valence-electron chi connectivity index (χ3n) is 8.92. The fourth-order valence-corrected chi connectivity index (χ4v) is 6.22. The normalized spacial score (nSPS) is 18.2. The third-order valence-corrected chi connectivity index (χ3v) is 9.88. The molecule has 5 atom stereocenters. The second-order valence-electron chi connectivity index (χ2n) is 14.4. The van der Waals surface area contributed by atoms with E-state index in [1.807, 2.05) is 12.2 Å². The molecule has 1 fully saturated rings. The second-order valence-corrected chi connectivity index (χ2v) is 15.8. The van der Waals surface area contributed by atoms with Crippen LogP contribution in [0.1, 0.15) is 142 Å². The number of allylic oxidation sites excluding steroid dienone is 12. The van der Waals surface area contributed by atoms with E-state index < -0.39 is 51.8 Å². The molecule has 330 valence electrons. The van der Waals surface area contributed by atoms with Crippen molar-refractivity contribution in [2.24, 2.45) is 0 Å². The van der Waals surface area contributed by atoms with E-state index in [1.165, 1.54) is 38.5 Å². The molecule has 1 heterocycles. The average molecular weight is 835 g/mol.